The molecular weight excluding hydrogens is 288 g/mol. The minimum Gasteiger partial charge on any atom is -0.363 e. The molecule has 1 aliphatic rings. The first-order valence-electron chi connectivity index (χ1n) is 6.78. The highest BCUT2D eigenvalue weighted by molar-refractivity contribution is 5.88. The SMILES string of the molecule is NC(=O)c1noc([C@H]2CCCN2c2ncnc3[nH]ncc23)n1. The van der Waals surface area contributed by atoms with Crippen LogP contribution in [0.1, 0.15) is 35.4 Å². The third kappa shape index (κ3) is 1.88. The minimum absolute atomic E-state index is 0.113. The number of nitrogens with one attached hydrogen (secondary N) is 1. The van der Waals surface area contributed by atoms with Gasteiger partial charge in [0.15, 0.2) is 5.65 Å². The number of primary amides is 1. The summed E-state index contributed by atoms with van der Waals surface area (Å²) in [6.07, 6.45) is 4.93. The summed E-state index contributed by atoms with van der Waals surface area (Å²) in [4.78, 5) is 25.7. The van der Waals surface area contributed by atoms with Gasteiger partial charge < -0.3 is 15.2 Å². The molecule has 112 valence electrons. The summed E-state index contributed by atoms with van der Waals surface area (Å²) >= 11 is 0. The summed E-state index contributed by atoms with van der Waals surface area (Å²) in [6, 6.07) is -0.145. The van der Waals surface area contributed by atoms with Gasteiger partial charge in [-0.15, -0.1) is 0 Å². The van der Waals surface area contributed by atoms with Gasteiger partial charge in [0.1, 0.15) is 18.2 Å². The Morgan fingerprint density at radius 1 is 1.45 bits per heavy atom. The van der Waals surface area contributed by atoms with Crippen LogP contribution in [-0.2, 0) is 0 Å². The maximum atomic E-state index is 11.1. The number of hydrogen-bond donors (Lipinski definition) is 2. The summed E-state index contributed by atoms with van der Waals surface area (Å²) in [5.74, 6) is 0.290. The first-order valence-corrected chi connectivity index (χ1v) is 6.78. The first kappa shape index (κ1) is 12.7. The van der Waals surface area contributed by atoms with Crippen LogP contribution in [0.4, 0.5) is 5.82 Å². The number of aromatic nitrogens is 6. The molecule has 1 atom stereocenters. The largest absolute Gasteiger partial charge is 0.363 e. The molecule has 0 saturated carbocycles. The highest BCUT2D eigenvalue weighted by Gasteiger charge is 2.33. The number of amides is 1. The predicted molar refractivity (Wildman–Crippen MR) is 73.8 cm³/mol. The van der Waals surface area contributed by atoms with Crippen LogP contribution >= 0.6 is 0 Å². The Kier molecular flexibility index (Phi) is 2.74. The van der Waals surface area contributed by atoms with Crippen molar-refractivity contribution < 1.29 is 9.32 Å². The molecule has 3 N–H and O–H groups in total. The number of nitrogens with zero attached hydrogens (tertiary/aromatic N) is 6. The Labute approximate surface area is 123 Å². The Balaban J connectivity index is 1.74. The topological polar surface area (TPSA) is 140 Å². The molecule has 0 spiro atoms. The molecule has 3 aromatic heterocycles. The fourth-order valence-electron chi connectivity index (χ4n) is 2.73. The summed E-state index contributed by atoms with van der Waals surface area (Å²) in [7, 11) is 0. The molecule has 1 amide bonds. The van der Waals surface area contributed by atoms with E-state index in [1.54, 1.807) is 6.20 Å². The van der Waals surface area contributed by atoms with Crippen molar-refractivity contribution in [2.75, 3.05) is 11.4 Å². The number of carbonyl (C=O) groups excluding carboxylic acids is 1. The lowest BCUT2D eigenvalue weighted by Crippen LogP contribution is -2.24. The summed E-state index contributed by atoms with van der Waals surface area (Å²) in [5, 5.41) is 11.2. The molecule has 4 rings (SSSR count). The van der Waals surface area contributed by atoms with Crippen molar-refractivity contribution in [1.82, 2.24) is 30.3 Å². The van der Waals surface area contributed by atoms with Crippen molar-refractivity contribution in [2.45, 2.75) is 18.9 Å². The number of carbonyl (C=O) groups is 1. The average Bonchev–Trinajstić information content (AvgIpc) is 3.25. The Hall–Kier alpha value is -3.04. The number of H-pyrrole nitrogens is 1. The van der Waals surface area contributed by atoms with Gasteiger partial charge in [-0.1, -0.05) is 5.16 Å². The molecule has 10 heteroatoms. The fourth-order valence-corrected chi connectivity index (χ4v) is 2.73. The predicted octanol–water partition coefficient (Wildman–Crippen LogP) is 0.176. The van der Waals surface area contributed by atoms with Crippen molar-refractivity contribution in [3.05, 3.63) is 24.2 Å². The molecule has 0 aromatic carbocycles. The van der Waals surface area contributed by atoms with E-state index in [0.29, 0.717) is 11.5 Å². The van der Waals surface area contributed by atoms with E-state index in [1.165, 1.54) is 6.33 Å². The van der Waals surface area contributed by atoms with E-state index < -0.39 is 5.91 Å². The van der Waals surface area contributed by atoms with Gasteiger partial charge in [0.05, 0.1) is 11.6 Å². The summed E-state index contributed by atoms with van der Waals surface area (Å²) < 4.78 is 5.18. The Morgan fingerprint density at radius 3 is 3.18 bits per heavy atom. The number of rotatable bonds is 3. The van der Waals surface area contributed by atoms with Crippen LogP contribution in [0.3, 0.4) is 0 Å². The monoisotopic (exact) mass is 300 g/mol. The highest BCUT2D eigenvalue weighted by Crippen LogP contribution is 2.36. The molecule has 1 fully saturated rings. The molecule has 0 radical (unpaired) electrons. The second kappa shape index (κ2) is 4.76. The first-order chi connectivity index (χ1) is 10.7. The maximum absolute atomic E-state index is 11.1. The lowest BCUT2D eigenvalue weighted by molar-refractivity contribution is 0.0987. The van der Waals surface area contributed by atoms with Crippen LogP contribution in [0.5, 0.6) is 0 Å². The lowest BCUT2D eigenvalue weighted by Gasteiger charge is -2.23. The molecular formula is C12H12N8O2. The van der Waals surface area contributed by atoms with Gasteiger partial charge in [0.2, 0.25) is 5.89 Å². The fraction of sp³-hybridized carbons (Fsp3) is 0.333. The van der Waals surface area contributed by atoms with E-state index in [4.69, 9.17) is 10.3 Å². The zero-order chi connectivity index (χ0) is 15.1. The van der Waals surface area contributed by atoms with E-state index in [-0.39, 0.29) is 11.9 Å². The zero-order valence-corrected chi connectivity index (χ0v) is 11.4. The number of fused-ring (bicyclic) bond motifs is 1. The molecule has 0 bridgehead atoms. The van der Waals surface area contributed by atoms with Crippen molar-refractivity contribution in [2.24, 2.45) is 5.73 Å². The number of aromatic amines is 1. The van der Waals surface area contributed by atoms with Crippen LogP contribution in [-0.4, -0.2) is 42.8 Å². The highest BCUT2D eigenvalue weighted by atomic mass is 16.5. The molecule has 0 aliphatic carbocycles. The van der Waals surface area contributed by atoms with Crippen molar-refractivity contribution in [3.63, 3.8) is 0 Å². The Bertz CT molecular complexity index is 840. The number of anilines is 1. The molecule has 10 nitrogen and oxygen atoms in total. The van der Waals surface area contributed by atoms with Gasteiger partial charge >= 0.3 is 0 Å². The third-order valence-corrected chi connectivity index (χ3v) is 3.70. The zero-order valence-electron chi connectivity index (χ0n) is 11.4. The van der Waals surface area contributed by atoms with Crippen LogP contribution in [0.2, 0.25) is 0 Å². The second-order valence-electron chi connectivity index (χ2n) is 5.00. The third-order valence-electron chi connectivity index (χ3n) is 3.70. The van der Waals surface area contributed by atoms with Gasteiger partial charge in [-0.2, -0.15) is 10.1 Å². The number of hydrogen-bond acceptors (Lipinski definition) is 8. The van der Waals surface area contributed by atoms with E-state index in [9.17, 15) is 4.79 Å². The average molecular weight is 300 g/mol. The van der Waals surface area contributed by atoms with E-state index in [0.717, 1.165) is 30.6 Å². The van der Waals surface area contributed by atoms with Crippen LogP contribution in [0.15, 0.2) is 17.0 Å². The standard InChI is InChI=1S/C12H12N8O2/c13-8(21)10-17-12(22-19-10)7-2-1-3-20(7)11-6-4-16-18-9(6)14-5-15-11/h4-5,7H,1-3H2,(H2,13,21)(H,14,15,16,18)/t7-/m1/s1. The van der Waals surface area contributed by atoms with E-state index in [2.05, 4.69) is 35.2 Å². The van der Waals surface area contributed by atoms with E-state index in [1.807, 2.05) is 0 Å². The van der Waals surface area contributed by atoms with Gasteiger partial charge in [-0.05, 0) is 12.8 Å². The minimum atomic E-state index is -0.709. The molecule has 22 heavy (non-hydrogen) atoms. The summed E-state index contributed by atoms with van der Waals surface area (Å²) in [5.41, 5.74) is 5.83. The lowest BCUT2D eigenvalue weighted by atomic mass is 10.2. The molecule has 3 aromatic rings. The smallest absolute Gasteiger partial charge is 0.290 e. The Morgan fingerprint density at radius 2 is 2.36 bits per heavy atom. The van der Waals surface area contributed by atoms with Crippen molar-refractivity contribution >= 4 is 22.8 Å². The molecule has 0 unspecified atom stereocenters. The number of nitrogens with two attached hydrogens (primary N) is 1. The second-order valence-corrected chi connectivity index (χ2v) is 5.00. The normalized spacial score (nSPS) is 18.2. The van der Waals surface area contributed by atoms with Crippen LogP contribution in [0.25, 0.3) is 11.0 Å². The van der Waals surface area contributed by atoms with Gasteiger partial charge in [0.25, 0.3) is 11.7 Å². The quantitative estimate of drug-likeness (QED) is 0.697. The van der Waals surface area contributed by atoms with Gasteiger partial charge in [0, 0.05) is 6.54 Å². The van der Waals surface area contributed by atoms with Crippen LogP contribution in [0, 0.1) is 0 Å². The van der Waals surface area contributed by atoms with E-state index >= 15 is 0 Å². The van der Waals surface area contributed by atoms with Gasteiger partial charge in [-0.3, -0.25) is 9.89 Å². The van der Waals surface area contributed by atoms with Crippen molar-refractivity contribution in [3.8, 4) is 0 Å². The van der Waals surface area contributed by atoms with Gasteiger partial charge in [-0.25, -0.2) is 9.97 Å². The molecule has 1 saturated heterocycles. The molecule has 1 aliphatic heterocycles. The maximum Gasteiger partial charge on any atom is 0.290 e. The van der Waals surface area contributed by atoms with Crippen molar-refractivity contribution in [1.29, 1.82) is 0 Å². The molecule has 4 heterocycles. The summed E-state index contributed by atoms with van der Waals surface area (Å²) in [6.45, 7) is 0.788. The van der Waals surface area contributed by atoms with Crippen LogP contribution < -0.4 is 10.6 Å².